The van der Waals surface area contributed by atoms with Gasteiger partial charge in [-0.2, -0.15) is 0 Å². The van der Waals surface area contributed by atoms with Crippen molar-refractivity contribution >= 4 is 23.7 Å². The highest BCUT2D eigenvalue weighted by Gasteiger charge is 2.12. The Balaban J connectivity index is 2.61. The van der Waals surface area contributed by atoms with Gasteiger partial charge in [-0.15, -0.1) is 0 Å². The predicted molar refractivity (Wildman–Crippen MR) is 48.5 cm³/mol. The Morgan fingerprint density at radius 2 is 2.23 bits per heavy atom. The Hall–Kier alpha value is -1.40. The molecule has 0 spiro atoms. The molecule has 0 atom stereocenters. The summed E-state index contributed by atoms with van der Waals surface area (Å²) < 4.78 is 0. The lowest BCUT2D eigenvalue weighted by atomic mass is 9.82. The van der Waals surface area contributed by atoms with Crippen LogP contribution in [0.25, 0.3) is 11.2 Å². The van der Waals surface area contributed by atoms with Crippen LogP contribution in [0.4, 0.5) is 0 Å². The molecule has 0 aliphatic heterocycles. The number of nitrogens with zero attached hydrogens (tertiary/aromatic N) is 2. The van der Waals surface area contributed by atoms with Gasteiger partial charge in [-0.05, 0) is 13.0 Å². The minimum Gasteiger partial charge on any atom is -0.423 e. The predicted octanol–water partition coefficient (Wildman–Crippen LogP) is -1.05. The molecule has 0 amide bonds. The van der Waals surface area contributed by atoms with E-state index in [1.54, 1.807) is 6.07 Å². The van der Waals surface area contributed by atoms with E-state index in [1.807, 2.05) is 6.92 Å². The molecule has 0 saturated carbocycles. The van der Waals surface area contributed by atoms with Crippen LogP contribution in [-0.4, -0.2) is 32.1 Å². The van der Waals surface area contributed by atoms with Crippen LogP contribution in [0.2, 0.25) is 0 Å². The Morgan fingerprint density at radius 3 is 2.92 bits per heavy atom. The van der Waals surface area contributed by atoms with Gasteiger partial charge in [0, 0.05) is 11.7 Å². The summed E-state index contributed by atoms with van der Waals surface area (Å²) in [5.41, 5.74) is 1.65. The number of pyridine rings is 1. The molecule has 0 saturated heterocycles. The first-order chi connectivity index (χ1) is 6.16. The van der Waals surface area contributed by atoms with Crippen molar-refractivity contribution in [1.29, 1.82) is 0 Å². The number of aryl methyl sites for hydroxylation is 1. The maximum atomic E-state index is 8.87. The van der Waals surface area contributed by atoms with Gasteiger partial charge in [0.1, 0.15) is 5.82 Å². The molecule has 2 rings (SSSR count). The highest BCUT2D eigenvalue weighted by Crippen LogP contribution is 2.05. The van der Waals surface area contributed by atoms with Gasteiger partial charge in [0.25, 0.3) is 0 Å². The van der Waals surface area contributed by atoms with Crippen molar-refractivity contribution in [3.63, 3.8) is 0 Å². The van der Waals surface area contributed by atoms with Crippen molar-refractivity contribution < 1.29 is 10.0 Å². The zero-order valence-electron chi connectivity index (χ0n) is 7.02. The van der Waals surface area contributed by atoms with Crippen LogP contribution in [0.3, 0.4) is 0 Å². The van der Waals surface area contributed by atoms with Crippen molar-refractivity contribution in [2.24, 2.45) is 0 Å². The Kier molecular flexibility index (Phi) is 1.79. The fraction of sp³-hybridized carbons (Fsp3) is 0.143. The lowest BCUT2D eigenvalue weighted by Gasteiger charge is -1.96. The van der Waals surface area contributed by atoms with E-state index in [0.29, 0.717) is 16.6 Å². The minimum absolute atomic E-state index is 0.358. The van der Waals surface area contributed by atoms with Gasteiger partial charge in [-0.25, -0.2) is 9.97 Å². The van der Waals surface area contributed by atoms with Crippen LogP contribution in [0.1, 0.15) is 5.82 Å². The molecule has 2 aromatic rings. The molecule has 0 aromatic carbocycles. The lowest BCUT2D eigenvalue weighted by molar-refractivity contribution is 0.425. The van der Waals surface area contributed by atoms with Gasteiger partial charge in [0.15, 0.2) is 5.65 Å². The zero-order valence-corrected chi connectivity index (χ0v) is 7.02. The van der Waals surface area contributed by atoms with E-state index in [2.05, 4.69) is 15.0 Å². The average molecular weight is 177 g/mol. The molecule has 0 fully saturated rings. The van der Waals surface area contributed by atoms with Crippen LogP contribution in [0, 0.1) is 6.92 Å². The maximum Gasteiger partial charge on any atom is 0.490 e. The molecule has 0 aliphatic rings. The summed E-state index contributed by atoms with van der Waals surface area (Å²) in [6.07, 6.45) is 1.40. The molecule has 13 heavy (non-hydrogen) atoms. The summed E-state index contributed by atoms with van der Waals surface area (Å²) >= 11 is 0. The molecule has 0 bridgehead atoms. The Morgan fingerprint density at radius 1 is 1.46 bits per heavy atom. The van der Waals surface area contributed by atoms with E-state index >= 15 is 0 Å². The number of fused-ring (bicyclic) bond motifs is 1. The maximum absolute atomic E-state index is 8.87. The molecule has 0 radical (unpaired) electrons. The highest BCUT2D eigenvalue weighted by molar-refractivity contribution is 6.58. The third-order valence-corrected chi connectivity index (χ3v) is 1.78. The molecule has 2 aromatic heterocycles. The van der Waals surface area contributed by atoms with E-state index in [0.717, 1.165) is 5.82 Å². The van der Waals surface area contributed by atoms with E-state index < -0.39 is 7.12 Å². The number of hydrogen-bond acceptors (Lipinski definition) is 4. The van der Waals surface area contributed by atoms with Crippen molar-refractivity contribution in [2.45, 2.75) is 6.92 Å². The number of nitrogens with one attached hydrogen (secondary N) is 1. The third-order valence-electron chi connectivity index (χ3n) is 1.78. The first kappa shape index (κ1) is 8.21. The Bertz CT molecular complexity index is 440. The van der Waals surface area contributed by atoms with E-state index in [4.69, 9.17) is 10.0 Å². The third kappa shape index (κ3) is 1.41. The monoisotopic (exact) mass is 177 g/mol. The largest absolute Gasteiger partial charge is 0.490 e. The Labute approximate surface area is 74.6 Å². The van der Waals surface area contributed by atoms with Gasteiger partial charge >= 0.3 is 7.12 Å². The molecular formula is C7H8BN3O2. The topological polar surface area (TPSA) is 82.0 Å². The lowest BCUT2D eigenvalue weighted by Crippen LogP contribution is -2.29. The normalized spacial score (nSPS) is 10.7. The summed E-state index contributed by atoms with van der Waals surface area (Å²) in [6, 6.07) is 1.62. The SMILES string of the molecule is Cc1nc2ncc(B(O)O)cc2[nH]1. The molecule has 0 aliphatic carbocycles. The smallest absolute Gasteiger partial charge is 0.423 e. The van der Waals surface area contributed by atoms with Crippen LogP contribution >= 0.6 is 0 Å². The van der Waals surface area contributed by atoms with Crippen LogP contribution < -0.4 is 5.46 Å². The summed E-state index contributed by atoms with van der Waals surface area (Å²) in [4.78, 5) is 11.0. The van der Waals surface area contributed by atoms with Gasteiger partial charge in [-0.3, -0.25) is 0 Å². The second kappa shape index (κ2) is 2.83. The number of H-pyrrole nitrogens is 1. The first-order valence-corrected chi connectivity index (χ1v) is 3.85. The van der Waals surface area contributed by atoms with E-state index in [1.165, 1.54) is 6.20 Å². The standard InChI is InChI=1S/C7H8BN3O2/c1-4-10-6-2-5(8(12)13)3-9-7(6)11-4/h2-3,12-13H,1H3,(H,9,10,11). The van der Waals surface area contributed by atoms with E-state index in [-0.39, 0.29) is 0 Å². The van der Waals surface area contributed by atoms with Gasteiger partial charge in [0.05, 0.1) is 5.52 Å². The van der Waals surface area contributed by atoms with Crippen LogP contribution in [0.5, 0.6) is 0 Å². The molecule has 2 heterocycles. The van der Waals surface area contributed by atoms with Gasteiger partial charge in [0.2, 0.25) is 0 Å². The van der Waals surface area contributed by atoms with Gasteiger partial charge in [-0.1, -0.05) is 0 Å². The molecule has 5 nitrogen and oxygen atoms in total. The summed E-state index contributed by atoms with van der Waals surface area (Å²) in [5.74, 6) is 0.757. The van der Waals surface area contributed by atoms with Crippen LogP contribution in [-0.2, 0) is 0 Å². The number of imidazole rings is 1. The van der Waals surface area contributed by atoms with Crippen LogP contribution in [0.15, 0.2) is 12.3 Å². The quantitative estimate of drug-likeness (QED) is 0.485. The molecule has 3 N–H and O–H groups in total. The fourth-order valence-electron chi connectivity index (χ4n) is 1.18. The van der Waals surface area contributed by atoms with Crippen molar-refractivity contribution in [1.82, 2.24) is 15.0 Å². The number of aromatic amines is 1. The van der Waals surface area contributed by atoms with E-state index in [9.17, 15) is 0 Å². The van der Waals surface area contributed by atoms with Gasteiger partial charge < -0.3 is 15.0 Å². The molecular weight excluding hydrogens is 169 g/mol. The fourth-order valence-corrected chi connectivity index (χ4v) is 1.18. The van der Waals surface area contributed by atoms with Crippen molar-refractivity contribution in [3.05, 3.63) is 18.1 Å². The molecule has 66 valence electrons. The second-order valence-corrected chi connectivity index (χ2v) is 2.84. The van der Waals surface area contributed by atoms with Crippen molar-refractivity contribution in [3.8, 4) is 0 Å². The number of hydrogen-bond donors (Lipinski definition) is 3. The summed E-state index contributed by atoms with van der Waals surface area (Å²) in [6.45, 7) is 1.82. The summed E-state index contributed by atoms with van der Waals surface area (Å²) in [7, 11) is -1.49. The molecule has 0 unspecified atom stereocenters. The molecule has 6 heteroatoms. The summed E-state index contributed by atoms with van der Waals surface area (Å²) in [5, 5.41) is 17.7. The number of aromatic nitrogens is 3. The van der Waals surface area contributed by atoms with Crippen molar-refractivity contribution in [2.75, 3.05) is 0 Å². The highest BCUT2D eigenvalue weighted by atomic mass is 16.4. The number of rotatable bonds is 1. The zero-order chi connectivity index (χ0) is 9.42. The second-order valence-electron chi connectivity index (χ2n) is 2.84. The average Bonchev–Trinajstić information content (AvgIpc) is 2.42. The minimum atomic E-state index is -1.49. The first-order valence-electron chi connectivity index (χ1n) is 3.85.